The molecular weight excluding hydrogens is 268 g/mol. The lowest BCUT2D eigenvalue weighted by molar-refractivity contribution is -0.0501. The lowest BCUT2D eigenvalue weighted by Crippen LogP contribution is -2.16. The van der Waals surface area contributed by atoms with E-state index < -0.39 is 12.5 Å². The summed E-state index contributed by atoms with van der Waals surface area (Å²) >= 11 is 0. The van der Waals surface area contributed by atoms with Crippen molar-refractivity contribution in [3.63, 3.8) is 0 Å². The number of para-hydroxylation sites is 1. The van der Waals surface area contributed by atoms with Crippen LogP contribution < -0.4 is 10.1 Å². The maximum absolute atomic E-state index is 12.3. The first-order chi connectivity index (χ1) is 9.47. The van der Waals surface area contributed by atoms with Crippen molar-refractivity contribution >= 4 is 11.7 Å². The summed E-state index contributed by atoms with van der Waals surface area (Å²) in [5.41, 5.74) is 0.770. The first-order valence-electron chi connectivity index (χ1n) is 5.83. The third-order valence-corrected chi connectivity index (χ3v) is 2.59. The van der Waals surface area contributed by atoms with Gasteiger partial charge in [0.1, 0.15) is 11.6 Å². The van der Waals surface area contributed by atoms with Crippen molar-refractivity contribution in [3.8, 4) is 5.75 Å². The van der Waals surface area contributed by atoms with Gasteiger partial charge in [-0.2, -0.15) is 13.9 Å². The Morgan fingerprint density at radius 1 is 1.40 bits per heavy atom. The molecular formula is C13H13F2N3O2. The molecule has 2 aromatic rings. The minimum absolute atomic E-state index is 0.0339. The summed E-state index contributed by atoms with van der Waals surface area (Å²) < 4.78 is 30.4. The molecule has 106 valence electrons. The maximum atomic E-state index is 12.3. The van der Waals surface area contributed by atoms with Gasteiger partial charge in [-0.25, -0.2) is 0 Å². The molecule has 0 unspecified atom stereocenters. The molecule has 0 fully saturated rings. The number of halogens is 2. The van der Waals surface area contributed by atoms with Gasteiger partial charge in [0, 0.05) is 13.1 Å². The topological polar surface area (TPSA) is 56.1 Å². The van der Waals surface area contributed by atoms with Crippen LogP contribution in [-0.2, 0) is 7.05 Å². The zero-order valence-corrected chi connectivity index (χ0v) is 10.9. The summed E-state index contributed by atoms with van der Waals surface area (Å²) in [6.45, 7) is -1.20. The van der Waals surface area contributed by atoms with Gasteiger partial charge in [-0.3, -0.25) is 9.48 Å². The molecule has 1 aromatic carbocycles. The minimum atomic E-state index is -2.98. The van der Waals surface area contributed by atoms with E-state index in [0.717, 1.165) is 5.69 Å². The fourth-order valence-electron chi connectivity index (χ4n) is 1.76. The number of aryl methyl sites for hydroxylation is 2. The monoisotopic (exact) mass is 281 g/mol. The molecule has 20 heavy (non-hydrogen) atoms. The zero-order valence-electron chi connectivity index (χ0n) is 10.9. The van der Waals surface area contributed by atoms with Crippen molar-refractivity contribution in [1.82, 2.24) is 9.78 Å². The smallest absolute Gasteiger partial charge is 0.387 e. The number of rotatable bonds is 4. The van der Waals surface area contributed by atoms with Crippen LogP contribution in [0.4, 0.5) is 14.6 Å². The highest BCUT2D eigenvalue weighted by molar-refractivity contribution is 6.05. The Morgan fingerprint density at radius 2 is 2.10 bits per heavy atom. The number of hydrogen-bond donors (Lipinski definition) is 1. The second kappa shape index (κ2) is 5.68. The quantitative estimate of drug-likeness (QED) is 0.937. The number of carbonyl (C=O) groups excluding carboxylic acids is 1. The molecule has 0 saturated heterocycles. The van der Waals surface area contributed by atoms with E-state index in [0.29, 0.717) is 5.82 Å². The van der Waals surface area contributed by atoms with E-state index in [1.54, 1.807) is 26.1 Å². The van der Waals surface area contributed by atoms with E-state index in [4.69, 9.17) is 0 Å². The number of amides is 1. The van der Waals surface area contributed by atoms with Crippen LogP contribution in [0.1, 0.15) is 16.1 Å². The standard InChI is InChI=1S/C13H13F2N3O2/c1-8-7-11(18(2)17-8)16-12(19)9-5-3-4-6-10(9)20-13(14)15/h3-7,13H,1-2H3,(H,16,19). The lowest BCUT2D eigenvalue weighted by Gasteiger charge is -2.10. The van der Waals surface area contributed by atoms with Gasteiger partial charge in [-0.15, -0.1) is 0 Å². The first kappa shape index (κ1) is 14.0. The zero-order chi connectivity index (χ0) is 14.7. The summed E-state index contributed by atoms with van der Waals surface area (Å²) in [5, 5.41) is 6.68. The highest BCUT2D eigenvalue weighted by atomic mass is 19.3. The number of carbonyl (C=O) groups is 1. The molecule has 5 nitrogen and oxygen atoms in total. The van der Waals surface area contributed by atoms with Crippen LogP contribution in [0.2, 0.25) is 0 Å². The predicted molar refractivity (Wildman–Crippen MR) is 69.0 cm³/mol. The average molecular weight is 281 g/mol. The van der Waals surface area contributed by atoms with Crippen LogP contribution in [0.3, 0.4) is 0 Å². The van der Waals surface area contributed by atoms with Gasteiger partial charge in [0.25, 0.3) is 5.91 Å². The van der Waals surface area contributed by atoms with Crippen molar-refractivity contribution in [2.24, 2.45) is 7.05 Å². The maximum Gasteiger partial charge on any atom is 0.387 e. The van der Waals surface area contributed by atoms with Crippen LogP contribution in [0.5, 0.6) is 5.75 Å². The molecule has 1 amide bonds. The fraction of sp³-hybridized carbons (Fsp3) is 0.231. The number of anilines is 1. The summed E-state index contributed by atoms with van der Waals surface area (Å²) in [7, 11) is 1.67. The Hall–Kier alpha value is -2.44. The van der Waals surface area contributed by atoms with E-state index in [1.807, 2.05) is 0 Å². The molecule has 0 aliphatic carbocycles. The lowest BCUT2D eigenvalue weighted by atomic mass is 10.2. The predicted octanol–water partition coefficient (Wildman–Crippen LogP) is 2.58. The number of alkyl halides is 2. The van der Waals surface area contributed by atoms with Crippen molar-refractivity contribution in [2.75, 3.05) is 5.32 Å². The highest BCUT2D eigenvalue weighted by Gasteiger charge is 2.16. The minimum Gasteiger partial charge on any atom is -0.434 e. The SMILES string of the molecule is Cc1cc(NC(=O)c2ccccc2OC(F)F)n(C)n1. The van der Waals surface area contributed by atoms with Gasteiger partial charge in [0.05, 0.1) is 11.3 Å². The highest BCUT2D eigenvalue weighted by Crippen LogP contribution is 2.21. The molecule has 0 bridgehead atoms. The van der Waals surface area contributed by atoms with Gasteiger partial charge in [-0.1, -0.05) is 12.1 Å². The number of hydrogen-bond acceptors (Lipinski definition) is 3. The Bertz CT molecular complexity index is 626. The molecule has 1 N–H and O–H groups in total. The number of aromatic nitrogens is 2. The normalized spacial score (nSPS) is 10.7. The molecule has 0 spiro atoms. The third kappa shape index (κ3) is 3.11. The van der Waals surface area contributed by atoms with Crippen molar-refractivity contribution in [1.29, 1.82) is 0 Å². The van der Waals surface area contributed by atoms with E-state index in [1.165, 1.54) is 22.9 Å². The summed E-state index contributed by atoms with van der Waals surface area (Å²) in [5.74, 6) is -0.234. The number of nitrogens with zero attached hydrogens (tertiary/aromatic N) is 2. The first-order valence-corrected chi connectivity index (χ1v) is 5.83. The van der Waals surface area contributed by atoms with Gasteiger partial charge in [0.15, 0.2) is 0 Å². The third-order valence-electron chi connectivity index (χ3n) is 2.59. The van der Waals surface area contributed by atoms with Gasteiger partial charge in [0.2, 0.25) is 0 Å². The Balaban J connectivity index is 2.23. The van der Waals surface area contributed by atoms with Crippen molar-refractivity contribution in [2.45, 2.75) is 13.5 Å². The molecule has 1 heterocycles. The van der Waals surface area contributed by atoms with Gasteiger partial charge < -0.3 is 10.1 Å². The fourth-order valence-corrected chi connectivity index (χ4v) is 1.76. The van der Waals surface area contributed by atoms with Crippen LogP contribution >= 0.6 is 0 Å². The molecule has 0 atom stereocenters. The molecule has 0 aliphatic heterocycles. The Kier molecular flexibility index (Phi) is 3.97. The largest absolute Gasteiger partial charge is 0.434 e. The van der Waals surface area contributed by atoms with Crippen LogP contribution in [0.15, 0.2) is 30.3 Å². The van der Waals surface area contributed by atoms with E-state index in [2.05, 4.69) is 15.2 Å². The Morgan fingerprint density at radius 3 is 2.70 bits per heavy atom. The second-order valence-corrected chi connectivity index (χ2v) is 4.12. The van der Waals surface area contributed by atoms with Crippen molar-refractivity contribution < 1.29 is 18.3 Å². The average Bonchev–Trinajstić information content (AvgIpc) is 2.67. The van der Waals surface area contributed by atoms with Crippen LogP contribution in [-0.4, -0.2) is 22.3 Å². The van der Waals surface area contributed by atoms with E-state index >= 15 is 0 Å². The second-order valence-electron chi connectivity index (χ2n) is 4.12. The summed E-state index contributed by atoms with van der Waals surface area (Å²) in [6.07, 6.45) is 0. The van der Waals surface area contributed by atoms with Crippen LogP contribution in [0.25, 0.3) is 0 Å². The summed E-state index contributed by atoms with van der Waals surface area (Å²) in [6, 6.07) is 7.49. The molecule has 0 radical (unpaired) electrons. The van der Waals surface area contributed by atoms with Gasteiger partial charge >= 0.3 is 6.61 Å². The van der Waals surface area contributed by atoms with Crippen molar-refractivity contribution in [3.05, 3.63) is 41.6 Å². The number of nitrogens with one attached hydrogen (secondary N) is 1. The van der Waals surface area contributed by atoms with Crippen LogP contribution in [0, 0.1) is 6.92 Å². The Labute approximate surface area is 114 Å². The molecule has 0 saturated carbocycles. The van der Waals surface area contributed by atoms with E-state index in [9.17, 15) is 13.6 Å². The number of benzene rings is 1. The molecule has 7 heteroatoms. The molecule has 0 aliphatic rings. The van der Waals surface area contributed by atoms with E-state index in [-0.39, 0.29) is 11.3 Å². The number of ether oxygens (including phenoxy) is 1. The summed E-state index contributed by atoms with van der Waals surface area (Å²) in [4.78, 5) is 12.1. The molecule has 1 aromatic heterocycles. The van der Waals surface area contributed by atoms with Gasteiger partial charge in [-0.05, 0) is 19.1 Å². The molecule has 2 rings (SSSR count).